The number of carbonyl (C=O) groups excluding carboxylic acids is 2. The highest BCUT2D eigenvalue weighted by molar-refractivity contribution is 7.97. The molecule has 0 aliphatic carbocycles. The van der Waals surface area contributed by atoms with Gasteiger partial charge in [-0.05, 0) is 99.3 Å². The summed E-state index contributed by atoms with van der Waals surface area (Å²) in [6.45, 7) is 7.74. The Kier molecular flexibility index (Phi) is 10.2. The van der Waals surface area contributed by atoms with E-state index in [0.717, 1.165) is 48.4 Å². The first-order valence-electron chi connectivity index (χ1n) is 12.5. The molecule has 1 aliphatic rings. The summed E-state index contributed by atoms with van der Waals surface area (Å²) in [5.74, 6) is 0.835. The lowest BCUT2D eigenvalue weighted by Gasteiger charge is -2.20. The molecule has 196 valence electrons. The smallest absolute Gasteiger partial charge is 0.253 e. The van der Waals surface area contributed by atoms with Crippen molar-refractivity contribution in [1.82, 2.24) is 19.4 Å². The first-order chi connectivity index (χ1) is 17.2. The van der Waals surface area contributed by atoms with E-state index in [4.69, 9.17) is 4.74 Å². The van der Waals surface area contributed by atoms with Gasteiger partial charge in [-0.2, -0.15) is 0 Å². The zero-order chi connectivity index (χ0) is 26.2. The number of rotatable bonds is 10. The Morgan fingerprint density at radius 3 is 2.36 bits per heavy atom. The lowest BCUT2D eigenvalue weighted by molar-refractivity contribution is -0.121. The van der Waals surface area contributed by atoms with E-state index in [2.05, 4.69) is 41.5 Å². The second kappa shape index (κ2) is 13.1. The molecule has 0 radical (unpaired) electrons. The molecule has 2 amide bonds. The number of hydrogen-bond acceptors (Lipinski definition) is 6. The largest absolute Gasteiger partial charge is 0.497 e. The van der Waals surface area contributed by atoms with Crippen molar-refractivity contribution in [2.24, 2.45) is 0 Å². The lowest BCUT2D eigenvalue weighted by Crippen LogP contribution is -2.36. The summed E-state index contributed by atoms with van der Waals surface area (Å²) in [5.41, 5.74) is 5.64. The fraction of sp³-hybridized carbons (Fsp3) is 0.500. The number of benzene rings is 2. The average Bonchev–Trinajstić information content (AvgIpc) is 3.05. The van der Waals surface area contributed by atoms with Gasteiger partial charge in [-0.1, -0.05) is 6.07 Å². The van der Waals surface area contributed by atoms with Crippen LogP contribution in [0.5, 0.6) is 5.75 Å². The highest BCUT2D eigenvalue weighted by atomic mass is 32.2. The Balaban J connectivity index is 1.41. The summed E-state index contributed by atoms with van der Waals surface area (Å²) >= 11 is 1.64. The Morgan fingerprint density at radius 2 is 1.69 bits per heavy atom. The zero-order valence-electron chi connectivity index (χ0n) is 22.5. The fourth-order valence-electron chi connectivity index (χ4n) is 4.38. The Labute approximate surface area is 220 Å². The van der Waals surface area contributed by atoms with Gasteiger partial charge in [0.25, 0.3) is 5.91 Å². The molecule has 3 rings (SSSR count). The first kappa shape index (κ1) is 28.0. The Bertz CT molecular complexity index is 1050. The Morgan fingerprint density at radius 1 is 1.03 bits per heavy atom. The zero-order valence-corrected chi connectivity index (χ0v) is 23.3. The highest BCUT2D eigenvalue weighted by Crippen LogP contribution is 2.31. The van der Waals surface area contributed by atoms with Crippen LogP contribution in [0.1, 0.15) is 39.0 Å². The molecule has 0 bridgehead atoms. The van der Waals surface area contributed by atoms with Gasteiger partial charge in [0.15, 0.2) is 0 Å². The number of aryl methyl sites for hydroxylation is 2. The average molecular weight is 513 g/mol. The molecule has 0 atom stereocenters. The van der Waals surface area contributed by atoms with Crippen molar-refractivity contribution < 1.29 is 14.3 Å². The summed E-state index contributed by atoms with van der Waals surface area (Å²) < 4.78 is 7.41. The van der Waals surface area contributed by atoms with Crippen LogP contribution in [0.3, 0.4) is 0 Å². The van der Waals surface area contributed by atoms with E-state index in [9.17, 15) is 9.59 Å². The highest BCUT2D eigenvalue weighted by Gasteiger charge is 2.17. The van der Waals surface area contributed by atoms with Gasteiger partial charge in [0.05, 0.1) is 7.11 Å². The minimum absolute atomic E-state index is 0.00832. The predicted octanol–water partition coefficient (Wildman–Crippen LogP) is 3.56. The molecule has 0 spiro atoms. The van der Waals surface area contributed by atoms with E-state index >= 15 is 0 Å². The van der Waals surface area contributed by atoms with Crippen molar-refractivity contribution in [3.8, 4) is 5.75 Å². The summed E-state index contributed by atoms with van der Waals surface area (Å²) in [5, 5.41) is 2.95. The van der Waals surface area contributed by atoms with Crippen molar-refractivity contribution in [3.63, 3.8) is 0 Å². The molecule has 0 aromatic heterocycles. The quantitative estimate of drug-likeness (QED) is 0.491. The maximum Gasteiger partial charge on any atom is 0.253 e. The van der Waals surface area contributed by atoms with E-state index in [1.54, 1.807) is 31.0 Å². The van der Waals surface area contributed by atoms with Crippen LogP contribution in [0, 0.1) is 13.8 Å². The second-order valence-electron chi connectivity index (χ2n) is 9.65. The van der Waals surface area contributed by atoms with Crippen molar-refractivity contribution >= 4 is 23.8 Å². The van der Waals surface area contributed by atoms with Crippen LogP contribution in [0.15, 0.2) is 35.2 Å². The molecule has 8 heteroatoms. The maximum absolute atomic E-state index is 12.9. The standard InChI is InChI=1S/C28H40N4O3S/c1-20-17-25(35-6)18-21(2)27(20)36-32(5)15-11-26(33)29-12-16-31(4)28(34)24-8-7-22-9-13-30(3)14-10-23(22)19-24/h7-8,17-19H,9-16H2,1-6H3,(H,29,33). The van der Waals surface area contributed by atoms with Crippen molar-refractivity contribution in [2.75, 3.05) is 61.0 Å². The number of likely N-dealkylation sites (N-methyl/N-ethyl adjacent to an activating group) is 2. The summed E-state index contributed by atoms with van der Waals surface area (Å²) in [6.07, 6.45) is 2.39. The van der Waals surface area contributed by atoms with Gasteiger partial charge < -0.3 is 19.9 Å². The van der Waals surface area contributed by atoms with Gasteiger partial charge >= 0.3 is 0 Å². The van der Waals surface area contributed by atoms with Crippen LogP contribution in [-0.2, 0) is 17.6 Å². The molecule has 2 aromatic rings. The molecule has 1 N–H and O–H groups in total. The van der Waals surface area contributed by atoms with E-state index in [0.29, 0.717) is 26.1 Å². The van der Waals surface area contributed by atoms with Gasteiger partial charge in [0.1, 0.15) is 5.75 Å². The van der Waals surface area contributed by atoms with Gasteiger partial charge in [0, 0.05) is 56.7 Å². The topological polar surface area (TPSA) is 65.1 Å². The molecular weight excluding hydrogens is 472 g/mol. The molecule has 1 heterocycles. The molecule has 7 nitrogen and oxygen atoms in total. The van der Waals surface area contributed by atoms with Gasteiger partial charge in [-0.25, -0.2) is 4.31 Å². The molecular formula is C28H40N4O3S. The van der Waals surface area contributed by atoms with Gasteiger partial charge in [-0.15, -0.1) is 0 Å². The number of ether oxygens (including phenoxy) is 1. The van der Waals surface area contributed by atoms with Crippen LogP contribution < -0.4 is 10.1 Å². The van der Waals surface area contributed by atoms with E-state index < -0.39 is 0 Å². The third-order valence-corrected chi connectivity index (χ3v) is 7.99. The van der Waals surface area contributed by atoms with E-state index in [-0.39, 0.29) is 11.8 Å². The maximum atomic E-state index is 12.9. The van der Waals surface area contributed by atoms with Crippen molar-refractivity contribution in [3.05, 3.63) is 58.1 Å². The molecule has 0 fully saturated rings. The van der Waals surface area contributed by atoms with Crippen LogP contribution in [-0.4, -0.2) is 86.9 Å². The predicted molar refractivity (Wildman–Crippen MR) is 147 cm³/mol. The van der Waals surface area contributed by atoms with Crippen LogP contribution in [0.2, 0.25) is 0 Å². The number of nitrogens with zero attached hydrogens (tertiary/aromatic N) is 3. The van der Waals surface area contributed by atoms with Gasteiger partial charge in [-0.3, -0.25) is 9.59 Å². The third-order valence-electron chi connectivity index (χ3n) is 6.67. The van der Waals surface area contributed by atoms with E-state index in [1.165, 1.54) is 16.0 Å². The number of methoxy groups -OCH3 is 1. The number of fused-ring (bicyclic) bond motifs is 1. The molecule has 0 saturated carbocycles. The second-order valence-corrected chi connectivity index (χ2v) is 10.9. The minimum Gasteiger partial charge on any atom is -0.497 e. The van der Waals surface area contributed by atoms with Crippen molar-refractivity contribution in [2.45, 2.75) is 38.0 Å². The number of amides is 2. The molecule has 36 heavy (non-hydrogen) atoms. The molecule has 0 unspecified atom stereocenters. The van der Waals surface area contributed by atoms with Crippen molar-refractivity contribution in [1.29, 1.82) is 0 Å². The van der Waals surface area contributed by atoms with Gasteiger partial charge in [0.2, 0.25) is 5.91 Å². The number of hydrogen-bond donors (Lipinski definition) is 1. The molecule has 1 aliphatic heterocycles. The summed E-state index contributed by atoms with van der Waals surface area (Å²) in [6, 6.07) is 10.1. The van der Waals surface area contributed by atoms with Crippen LogP contribution in [0.4, 0.5) is 0 Å². The SMILES string of the molecule is COc1cc(C)c(SN(C)CCC(=O)NCCN(C)C(=O)c2ccc3c(c2)CCN(C)CC3)c(C)c1. The number of carbonyl (C=O) groups is 2. The third kappa shape index (κ3) is 7.72. The first-order valence-corrected chi connectivity index (χ1v) is 13.3. The Hall–Kier alpha value is -2.55. The lowest BCUT2D eigenvalue weighted by atomic mass is 9.99. The molecule has 2 aromatic carbocycles. The minimum atomic E-state index is -0.0133. The monoisotopic (exact) mass is 512 g/mol. The summed E-state index contributed by atoms with van der Waals surface area (Å²) in [4.78, 5) is 30.5. The fourth-order valence-corrected chi connectivity index (χ4v) is 5.28. The van der Waals surface area contributed by atoms with Crippen LogP contribution in [0.25, 0.3) is 0 Å². The molecule has 0 saturated heterocycles. The summed E-state index contributed by atoms with van der Waals surface area (Å²) in [7, 11) is 7.59. The van der Waals surface area contributed by atoms with Crippen LogP contribution >= 0.6 is 11.9 Å². The normalized spacial score (nSPS) is 13.8. The number of nitrogens with one attached hydrogen (secondary N) is 1. The van der Waals surface area contributed by atoms with E-state index in [1.807, 2.05) is 31.3 Å².